The number of nitrogens with zero attached hydrogens (tertiary/aromatic N) is 1. The van der Waals surface area contributed by atoms with Gasteiger partial charge in [0.15, 0.2) is 0 Å². The molecule has 3 rings (SSSR count). The SMILES string of the molecule is CC[C@H](C)[C@@H](C(=O)N[C@@H]1C(=O)N[C@@H](CC(C)C)C(=O)N/C=C/c2ccc(cc2)O[C@@H]1C(C)C)N(C)C. The van der Waals surface area contributed by atoms with E-state index < -0.39 is 30.1 Å². The van der Waals surface area contributed by atoms with E-state index in [1.807, 2.05) is 84.8 Å². The van der Waals surface area contributed by atoms with Crippen LogP contribution < -0.4 is 20.7 Å². The summed E-state index contributed by atoms with van der Waals surface area (Å²) in [4.78, 5) is 42.1. The molecule has 0 saturated heterocycles. The molecule has 200 valence electrons. The highest BCUT2D eigenvalue weighted by atomic mass is 16.5. The van der Waals surface area contributed by atoms with Gasteiger partial charge in [-0.2, -0.15) is 0 Å². The maximum atomic E-state index is 13.7. The van der Waals surface area contributed by atoms with Crippen molar-refractivity contribution in [2.24, 2.45) is 17.8 Å². The highest BCUT2D eigenvalue weighted by Crippen LogP contribution is 2.22. The molecule has 1 aromatic carbocycles. The molecule has 0 unspecified atom stereocenters. The summed E-state index contributed by atoms with van der Waals surface area (Å²) in [6, 6.07) is 5.24. The van der Waals surface area contributed by atoms with Gasteiger partial charge in [0.1, 0.15) is 23.9 Å². The van der Waals surface area contributed by atoms with Crippen molar-refractivity contribution >= 4 is 23.8 Å². The zero-order valence-electron chi connectivity index (χ0n) is 23.0. The number of ether oxygens (including phenoxy) is 1. The number of hydrogen-bond acceptors (Lipinski definition) is 5. The van der Waals surface area contributed by atoms with Crippen LogP contribution in [0.1, 0.15) is 59.9 Å². The minimum absolute atomic E-state index is 0.0822. The summed E-state index contributed by atoms with van der Waals surface area (Å²) in [5, 5.41) is 8.68. The maximum Gasteiger partial charge on any atom is 0.247 e. The lowest BCUT2D eigenvalue weighted by molar-refractivity contribution is -0.137. The Hall–Kier alpha value is -2.87. The number of benzene rings is 1. The van der Waals surface area contributed by atoms with Crippen LogP contribution in [-0.2, 0) is 14.4 Å². The predicted molar refractivity (Wildman–Crippen MR) is 143 cm³/mol. The Balaban J connectivity index is 2.52. The van der Waals surface area contributed by atoms with Gasteiger partial charge in [0, 0.05) is 6.20 Å². The Morgan fingerprint density at radius 3 is 2.22 bits per heavy atom. The van der Waals surface area contributed by atoms with Gasteiger partial charge in [0.2, 0.25) is 17.7 Å². The highest BCUT2D eigenvalue weighted by Gasteiger charge is 2.38. The molecule has 0 aromatic heterocycles. The molecule has 36 heavy (non-hydrogen) atoms. The van der Waals surface area contributed by atoms with Crippen molar-refractivity contribution in [3.8, 4) is 5.75 Å². The van der Waals surface area contributed by atoms with Crippen LogP contribution in [0, 0.1) is 17.8 Å². The minimum atomic E-state index is -0.996. The molecule has 3 N–H and O–H groups in total. The molecule has 2 bridgehead atoms. The van der Waals surface area contributed by atoms with Gasteiger partial charge in [-0.05, 0) is 62.0 Å². The summed E-state index contributed by atoms with van der Waals surface area (Å²) in [7, 11) is 3.72. The van der Waals surface area contributed by atoms with Crippen molar-refractivity contribution in [2.75, 3.05) is 14.1 Å². The zero-order chi connectivity index (χ0) is 27.0. The van der Waals surface area contributed by atoms with Crippen molar-refractivity contribution < 1.29 is 19.1 Å². The molecule has 1 aromatic rings. The topological polar surface area (TPSA) is 99.8 Å². The van der Waals surface area contributed by atoms with Gasteiger partial charge in [-0.15, -0.1) is 0 Å². The zero-order valence-corrected chi connectivity index (χ0v) is 23.0. The Labute approximate surface area is 216 Å². The molecule has 0 aliphatic carbocycles. The van der Waals surface area contributed by atoms with Crippen LogP contribution in [0.25, 0.3) is 6.08 Å². The van der Waals surface area contributed by atoms with Crippen molar-refractivity contribution in [3.05, 3.63) is 36.0 Å². The summed E-state index contributed by atoms with van der Waals surface area (Å²) in [5.74, 6) is -0.241. The summed E-state index contributed by atoms with van der Waals surface area (Å²) in [6.07, 6.45) is 3.99. The standard InChI is InChI=1S/C28H44N4O4/c1-9-19(6)24(32(7)8)28(35)31-23-25(18(4)5)36-21-12-10-20(11-13-21)14-15-29-26(33)22(16-17(2)3)30-27(23)34/h10-15,17-19,22-25H,9,16H2,1-8H3,(H,29,33)(H,30,34)(H,31,35)/b15-14+/t19-,22-,23-,24-,25+/m0/s1. The number of nitrogens with one attached hydrogen (secondary N) is 3. The molecule has 3 amide bonds. The third kappa shape index (κ3) is 8.08. The van der Waals surface area contributed by atoms with Crippen molar-refractivity contribution in [3.63, 3.8) is 0 Å². The fourth-order valence-corrected chi connectivity index (χ4v) is 4.45. The van der Waals surface area contributed by atoms with Crippen molar-refractivity contribution in [2.45, 2.75) is 78.6 Å². The lowest BCUT2D eigenvalue weighted by Crippen LogP contribution is -2.62. The average Bonchev–Trinajstić information content (AvgIpc) is 2.80. The molecule has 8 nitrogen and oxygen atoms in total. The molecule has 0 fully saturated rings. The van der Waals surface area contributed by atoms with Gasteiger partial charge in [-0.25, -0.2) is 0 Å². The van der Waals surface area contributed by atoms with E-state index in [1.165, 1.54) is 0 Å². The van der Waals surface area contributed by atoms with Gasteiger partial charge in [-0.3, -0.25) is 19.3 Å². The van der Waals surface area contributed by atoms with Crippen molar-refractivity contribution in [1.82, 2.24) is 20.9 Å². The van der Waals surface area contributed by atoms with Crippen LogP contribution >= 0.6 is 0 Å². The van der Waals surface area contributed by atoms with Crippen LogP contribution in [-0.4, -0.2) is 60.9 Å². The Bertz CT molecular complexity index is 911. The summed E-state index contributed by atoms with van der Waals surface area (Å²) in [5.41, 5.74) is 0.900. The van der Waals surface area contributed by atoms with E-state index in [-0.39, 0.29) is 29.6 Å². The van der Waals surface area contributed by atoms with E-state index >= 15 is 0 Å². The summed E-state index contributed by atoms with van der Waals surface area (Å²) in [6.45, 7) is 12.0. The van der Waals surface area contributed by atoms with E-state index in [2.05, 4.69) is 16.0 Å². The summed E-state index contributed by atoms with van der Waals surface area (Å²) >= 11 is 0. The number of hydrogen-bond donors (Lipinski definition) is 3. The predicted octanol–water partition coefficient (Wildman–Crippen LogP) is 3.18. The van der Waals surface area contributed by atoms with Gasteiger partial charge < -0.3 is 20.7 Å². The van der Waals surface area contributed by atoms with Crippen LogP contribution in [0.3, 0.4) is 0 Å². The van der Waals surface area contributed by atoms with Crippen LogP contribution in [0.2, 0.25) is 0 Å². The van der Waals surface area contributed by atoms with Crippen LogP contribution in [0.5, 0.6) is 5.75 Å². The fraction of sp³-hybridized carbons (Fsp3) is 0.607. The monoisotopic (exact) mass is 500 g/mol. The minimum Gasteiger partial charge on any atom is -0.487 e. The van der Waals surface area contributed by atoms with E-state index in [0.717, 1.165) is 12.0 Å². The van der Waals surface area contributed by atoms with E-state index in [4.69, 9.17) is 4.74 Å². The number of likely N-dealkylation sites (N-methyl/N-ethyl adjacent to an activating group) is 1. The molecule has 2 aliphatic heterocycles. The number of fused-ring (bicyclic) bond motifs is 10. The number of amides is 3. The first-order chi connectivity index (χ1) is 16.9. The molecular weight excluding hydrogens is 456 g/mol. The number of rotatable bonds is 8. The van der Waals surface area contributed by atoms with E-state index in [1.54, 1.807) is 12.3 Å². The second-order valence-corrected chi connectivity index (χ2v) is 10.7. The Morgan fingerprint density at radius 2 is 1.69 bits per heavy atom. The Kier molecular flexibility index (Phi) is 11.0. The average molecular weight is 501 g/mol. The Morgan fingerprint density at radius 1 is 1.06 bits per heavy atom. The lowest BCUT2D eigenvalue weighted by atomic mass is 9.94. The molecule has 0 spiro atoms. The summed E-state index contributed by atoms with van der Waals surface area (Å²) < 4.78 is 6.31. The van der Waals surface area contributed by atoms with Crippen molar-refractivity contribution in [1.29, 1.82) is 0 Å². The second kappa shape index (κ2) is 13.4. The van der Waals surface area contributed by atoms with Gasteiger partial charge >= 0.3 is 0 Å². The largest absolute Gasteiger partial charge is 0.487 e. The number of carbonyl (C=O) groups excluding carboxylic acids is 3. The molecular formula is C28H44N4O4. The smallest absolute Gasteiger partial charge is 0.247 e. The first-order valence-corrected chi connectivity index (χ1v) is 12.9. The molecule has 0 radical (unpaired) electrons. The molecule has 5 atom stereocenters. The molecule has 0 saturated carbocycles. The first kappa shape index (κ1) is 29.4. The lowest BCUT2D eigenvalue weighted by Gasteiger charge is -2.35. The molecule has 2 aliphatic rings. The molecule has 2 heterocycles. The van der Waals surface area contributed by atoms with Crippen LogP contribution in [0.4, 0.5) is 0 Å². The quantitative estimate of drug-likeness (QED) is 0.509. The van der Waals surface area contributed by atoms with Gasteiger partial charge in [0.25, 0.3) is 0 Å². The molecule has 8 heteroatoms. The maximum absolute atomic E-state index is 13.7. The second-order valence-electron chi connectivity index (χ2n) is 10.7. The normalized spacial score (nSPS) is 23.5. The van der Waals surface area contributed by atoms with E-state index in [9.17, 15) is 14.4 Å². The third-order valence-electron chi connectivity index (χ3n) is 6.57. The first-order valence-electron chi connectivity index (χ1n) is 12.9. The highest BCUT2D eigenvalue weighted by molar-refractivity contribution is 5.94. The van der Waals surface area contributed by atoms with E-state index in [0.29, 0.717) is 12.2 Å². The van der Waals surface area contributed by atoms with Gasteiger partial charge in [-0.1, -0.05) is 60.1 Å². The third-order valence-corrected chi connectivity index (χ3v) is 6.57. The van der Waals surface area contributed by atoms with Crippen LogP contribution in [0.15, 0.2) is 30.5 Å². The fourth-order valence-electron chi connectivity index (χ4n) is 4.45. The van der Waals surface area contributed by atoms with Gasteiger partial charge in [0.05, 0.1) is 6.04 Å². The number of carbonyl (C=O) groups is 3.